The molecule has 0 atom stereocenters. The minimum absolute atomic E-state index is 0.0478. The van der Waals surface area contributed by atoms with Crippen LogP contribution in [0.2, 0.25) is 0 Å². The molecular formula is C12H16F2N2O2S. The molecule has 7 heteroatoms. The van der Waals surface area contributed by atoms with Gasteiger partial charge < -0.3 is 5.73 Å². The van der Waals surface area contributed by atoms with Gasteiger partial charge in [-0.05, 0) is 36.8 Å². The summed E-state index contributed by atoms with van der Waals surface area (Å²) in [7, 11) is -4.20. The highest BCUT2D eigenvalue weighted by Crippen LogP contribution is 2.48. The lowest BCUT2D eigenvalue weighted by molar-refractivity contribution is 0.468. The fourth-order valence-corrected chi connectivity index (χ4v) is 3.26. The molecule has 106 valence electrons. The second kappa shape index (κ2) is 4.72. The van der Waals surface area contributed by atoms with Gasteiger partial charge in [-0.25, -0.2) is 21.9 Å². The Morgan fingerprint density at radius 2 is 1.84 bits per heavy atom. The molecule has 1 aliphatic rings. The van der Waals surface area contributed by atoms with Crippen LogP contribution in [0, 0.1) is 17.0 Å². The van der Waals surface area contributed by atoms with E-state index in [-0.39, 0.29) is 17.6 Å². The number of nitrogens with two attached hydrogens (primary N) is 1. The SMILES string of the molecule is CCC1(CNS(=O)(=O)c2c(F)cc(N)cc2F)CC1. The molecule has 4 nitrogen and oxygen atoms in total. The van der Waals surface area contributed by atoms with Crippen LogP contribution in [0.3, 0.4) is 0 Å². The van der Waals surface area contributed by atoms with Gasteiger partial charge in [0.15, 0.2) is 4.90 Å². The number of halogens is 2. The number of benzene rings is 1. The molecule has 1 fully saturated rings. The molecule has 0 unspecified atom stereocenters. The van der Waals surface area contributed by atoms with Crippen LogP contribution in [0.4, 0.5) is 14.5 Å². The lowest BCUT2D eigenvalue weighted by Gasteiger charge is -2.14. The second-order valence-corrected chi connectivity index (χ2v) is 6.70. The Morgan fingerprint density at radius 1 is 1.32 bits per heavy atom. The lowest BCUT2D eigenvalue weighted by Crippen LogP contribution is -2.31. The highest BCUT2D eigenvalue weighted by atomic mass is 32.2. The molecule has 2 rings (SSSR count). The summed E-state index contributed by atoms with van der Waals surface area (Å²) in [6, 6.07) is 1.59. The topological polar surface area (TPSA) is 72.2 Å². The van der Waals surface area contributed by atoms with Crippen molar-refractivity contribution in [1.82, 2.24) is 4.72 Å². The molecular weight excluding hydrogens is 274 g/mol. The van der Waals surface area contributed by atoms with E-state index in [1.807, 2.05) is 6.92 Å². The van der Waals surface area contributed by atoms with Crippen LogP contribution in [-0.2, 0) is 10.0 Å². The van der Waals surface area contributed by atoms with Gasteiger partial charge in [0, 0.05) is 12.2 Å². The molecule has 0 bridgehead atoms. The van der Waals surface area contributed by atoms with E-state index in [9.17, 15) is 17.2 Å². The van der Waals surface area contributed by atoms with E-state index >= 15 is 0 Å². The summed E-state index contributed by atoms with van der Waals surface area (Å²) in [5.74, 6) is -2.35. The van der Waals surface area contributed by atoms with Gasteiger partial charge in [0.05, 0.1) is 0 Å². The van der Waals surface area contributed by atoms with Crippen LogP contribution in [-0.4, -0.2) is 15.0 Å². The largest absolute Gasteiger partial charge is 0.399 e. The highest BCUT2D eigenvalue weighted by molar-refractivity contribution is 7.89. The Kier molecular flexibility index (Phi) is 3.53. The van der Waals surface area contributed by atoms with Crippen LogP contribution in [0.15, 0.2) is 17.0 Å². The molecule has 1 aromatic carbocycles. The number of nitrogen functional groups attached to an aromatic ring is 1. The summed E-state index contributed by atoms with van der Waals surface area (Å²) in [5, 5.41) is 0. The molecule has 1 aliphatic carbocycles. The van der Waals surface area contributed by atoms with Gasteiger partial charge in [0.1, 0.15) is 11.6 Å². The van der Waals surface area contributed by atoms with Gasteiger partial charge in [-0.1, -0.05) is 6.92 Å². The van der Waals surface area contributed by atoms with Gasteiger partial charge in [-0.3, -0.25) is 0 Å². The first-order valence-electron chi connectivity index (χ1n) is 6.04. The van der Waals surface area contributed by atoms with Crippen LogP contribution in [0.1, 0.15) is 26.2 Å². The van der Waals surface area contributed by atoms with Gasteiger partial charge in [0.2, 0.25) is 10.0 Å². The molecule has 19 heavy (non-hydrogen) atoms. The fraction of sp³-hybridized carbons (Fsp3) is 0.500. The van der Waals surface area contributed by atoms with Crippen molar-refractivity contribution >= 4 is 15.7 Å². The van der Waals surface area contributed by atoms with E-state index in [0.29, 0.717) is 0 Å². The number of hydrogen-bond acceptors (Lipinski definition) is 3. The van der Waals surface area contributed by atoms with Gasteiger partial charge >= 0.3 is 0 Å². The Morgan fingerprint density at radius 3 is 2.26 bits per heavy atom. The average Bonchev–Trinajstić information content (AvgIpc) is 3.05. The third kappa shape index (κ3) is 2.87. The monoisotopic (exact) mass is 290 g/mol. The average molecular weight is 290 g/mol. The fourth-order valence-electron chi connectivity index (χ4n) is 1.99. The Bertz CT molecular complexity index is 575. The van der Waals surface area contributed by atoms with Crippen molar-refractivity contribution in [3.8, 4) is 0 Å². The lowest BCUT2D eigenvalue weighted by atomic mass is 10.1. The molecule has 0 heterocycles. The van der Waals surface area contributed by atoms with Gasteiger partial charge in [-0.2, -0.15) is 0 Å². The maximum absolute atomic E-state index is 13.6. The maximum Gasteiger partial charge on any atom is 0.246 e. The van der Waals surface area contributed by atoms with Crippen molar-refractivity contribution in [3.63, 3.8) is 0 Å². The minimum Gasteiger partial charge on any atom is -0.399 e. The van der Waals surface area contributed by atoms with E-state index in [1.54, 1.807) is 0 Å². The normalized spacial score (nSPS) is 17.4. The zero-order valence-corrected chi connectivity index (χ0v) is 11.4. The standard InChI is InChI=1S/C12H16F2N2O2S/c1-2-12(3-4-12)7-16-19(17,18)11-9(13)5-8(15)6-10(11)14/h5-6,16H,2-4,7,15H2,1H3. The van der Waals surface area contributed by atoms with E-state index in [1.165, 1.54) is 0 Å². The molecule has 0 aromatic heterocycles. The van der Waals surface area contributed by atoms with E-state index < -0.39 is 26.6 Å². The predicted octanol–water partition coefficient (Wildman–Crippen LogP) is 2.02. The summed E-state index contributed by atoms with van der Waals surface area (Å²) >= 11 is 0. The highest BCUT2D eigenvalue weighted by Gasteiger charge is 2.41. The summed E-state index contributed by atoms with van der Waals surface area (Å²) in [5.41, 5.74) is 5.05. The van der Waals surface area contributed by atoms with Crippen LogP contribution < -0.4 is 10.5 Å². The predicted molar refractivity (Wildman–Crippen MR) is 67.9 cm³/mol. The first-order valence-corrected chi connectivity index (χ1v) is 7.52. The Labute approximate surface area is 111 Å². The number of anilines is 1. The molecule has 0 spiro atoms. The third-order valence-corrected chi connectivity index (χ3v) is 5.09. The zero-order valence-electron chi connectivity index (χ0n) is 10.5. The van der Waals surface area contributed by atoms with Crippen molar-refractivity contribution in [2.24, 2.45) is 5.41 Å². The summed E-state index contributed by atoms with van der Waals surface area (Å²) in [6.45, 7) is 2.17. The van der Waals surface area contributed by atoms with Crippen molar-refractivity contribution in [2.45, 2.75) is 31.1 Å². The molecule has 0 amide bonds. The Hall–Kier alpha value is -1.21. The van der Waals surface area contributed by atoms with Gasteiger partial charge in [0.25, 0.3) is 0 Å². The summed E-state index contributed by atoms with van der Waals surface area (Å²) in [4.78, 5) is -0.964. The zero-order chi connectivity index (χ0) is 14.3. The number of rotatable bonds is 5. The smallest absolute Gasteiger partial charge is 0.246 e. The molecule has 0 saturated heterocycles. The van der Waals surface area contributed by atoms with Crippen molar-refractivity contribution < 1.29 is 17.2 Å². The number of hydrogen-bond donors (Lipinski definition) is 2. The molecule has 1 aromatic rings. The Balaban J connectivity index is 2.25. The first-order chi connectivity index (χ1) is 8.80. The van der Waals surface area contributed by atoms with Gasteiger partial charge in [-0.15, -0.1) is 0 Å². The van der Waals surface area contributed by atoms with Crippen LogP contribution >= 0.6 is 0 Å². The molecule has 1 saturated carbocycles. The van der Waals surface area contributed by atoms with E-state index in [0.717, 1.165) is 31.4 Å². The number of nitrogens with one attached hydrogen (secondary N) is 1. The van der Waals surface area contributed by atoms with Crippen LogP contribution in [0.25, 0.3) is 0 Å². The van der Waals surface area contributed by atoms with Crippen molar-refractivity contribution in [2.75, 3.05) is 12.3 Å². The first kappa shape index (κ1) is 14.2. The molecule has 0 radical (unpaired) electrons. The summed E-state index contributed by atoms with van der Waals surface area (Å²) in [6.07, 6.45) is 2.69. The molecule has 0 aliphatic heterocycles. The van der Waals surface area contributed by atoms with Crippen molar-refractivity contribution in [1.29, 1.82) is 0 Å². The molecule has 3 N–H and O–H groups in total. The number of sulfonamides is 1. The second-order valence-electron chi connectivity index (χ2n) is 4.99. The van der Waals surface area contributed by atoms with E-state index in [2.05, 4.69) is 4.72 Å². The quantitative estimate of drug-likeness (QED) is 0.815. The minimum atomic E-state index is -4.20. The third-order valence-electron chi connectivity index (χ3n) is 3.63. The van der Waals surface area contributed by atoms with Crippen molar-refractivity contribution in [3.05, 3.63) is 23.8 Å². The maximum atomic E-state index is 13.6. The summed E-state index contributed by atoms with van der Waals surface area (Å²) < 4.78 is 53.3. The van der Waals surface area contributed by atoms with E-state index in [4.69, 9.17) is 5.73 Å². The van der Waals surface area contributed by atoms with Crippen LogP contribution in [0.5, 0.6) is 0 Å².